The first-order chi connectivity index (χ1) is 7.61. The number of nitrogens with zero attached hydrogens (tertiary/aromatic N) is 1. The summed E-state index contributed by atoms with van der Waals surface area (Å²) in [6, 6.07) is 6.31. The van der Waals surface area contributed by atoms with Crippen molar-refractivity contribution in [3.05, 3.63) is 40.7 Å². The summed E-state index contributed by atoms with van der Waals surface area (Å²) in [6.45, 7) is 4.11. The highest BCUT2D eigenvalue weighted by molar-refractivity contribution is 6.34. The Morgan fingerprint density at radius 2 is 2.19 bits per heavy atom. The first-order valence-corrected chi connectivity index (χ1v) is 5.98. The maximum absolute atomic E-state index is 6.31. The molecule has 2 aromatic rings. The SMILES string of the molecule is Cc1c(Cl)c2ccccn2c1CCC(C)N. The van der Waals surface area contributed by atoms with Crippen LogP contribution in [0.4, 0.5) is 0 Å². The Morgan fingerprint density at radius 1 is 1.44 bits per heavy atom. The second kappa shape index (κ2) is 4.48. The van der Waals surface area contributed by atoms with Gasteiger partial charge in [0.15, 0.2) is 0 Å². The Morgan fingerprint density at radius 3 is 2.88 bits per heavy atom. The minimum Gasteiger partial charge on any atom is -0.328 e. The highest BCUT2D eigenvalue weighted by Gasteiger charge is 2.12. The Hall–Kier alpha value is -0.990. The second-order valence-electron chi connectivity index (χ2n) is 4.36. The van der Waals surface area contributed by atoms with Gasteiger partial charge in [-0.2, -0.15) is 0 Å². The van der Waals surface area contributed by atoms with Crippen molar-refractivity contribution >= 4 is 17.1 Å². The average molecular weight is 237 g/mol. The largest absolute Gasteiger partial charge is 0.328 e. The van der Waals surface area contributed by atoms with Crippen LogP contribution >= 0.6 is 11.6 Å². The molecule has 3 heteroatoms. The summed E-state index contributed by atoms with van der Waals surface area (Å²) in [5.41, 5.74) is 9.33. The van der Waals surface area contributed by atoms with Crippen LogP contribution in [0.1, 0.15) is 24.6 Å². The van der Waals surface area contributed by atoms with Crippen molar-refractivity contribution in [3.8, 4) is 0 Å². The van der Waals surface area contributed by atoms with Crippen LogP contribution in [-0.2, 0) is 6.42 Å². The lowest BCUT2D eigenvalue weighted by Gasteiger charge is -2.06. The molecule has 2 rings (SSSR count). The number of hydrogen-bond donors (Lipinski definition) is 1. The Bertz CT molecular complexity index is 500. The highest BCUT2D eigenvalue weighted by Crippen LogP contribution is 2.28. The summed E-state index contributed by atoms with van der Waals surface area (Å²) in [4.78, 5) is 0. The molecule has 0 fully saturated rings. The lowest BCUT2D eigenvalue weighted by molar-refractivity contribution is 0.654. The summed E-state index contributed by atoms with van der Waals surface area (Å²) in [5, 5.41) is 0.861. The van der Waals surface area contributed by atoms with Gasteiger partial charge in [0.2, 0.25) is 0 Å². The van der Waals surface area contributed by atoms with E-state index in [1.807, 2.05) is 25.1 Å². The molecule has 0 aromatic carbocycles. The molecule has 0 bridgehead atoms. The van der Waals surface area contributed by atoms with Crippen molar-refractivity contribution in [3.63, 3.8) is 0 Å². The normalized spacial score (nSPS) is 13.2. The van der Waals surface area contributed by atoms with Gasteiger partial charge in [-0.05, 0) is 44.4 Å². The molecule has 2 aromatic heterocycles. The van der Waals surface area contributed by atoms with Crippen molar-refractivity contribution in [1.82, 2.24) is 4.40 Å². The van der Waals surface area contributed by atoms with E-state index < -0.39 is 0 Å². The van der Waals surface area contributed by atoms with Crippen molar-refractivity contribution in [2.45, 2.75) is 32.7 Å². The molecule has 1 unspecified atom stereocenters. The Kier molecular flexibility index (Phi) is 3.22. The number of rotatable bonds is 3. The van der Waals surface area contributed by atoms with Crippen LogP contribution in [0.2, 0.25) is 5.02 Å². The molecule has 0 amide bonds. The van der Waals surface area contributed by atoms with Gasteiger partial charge in [0.05, 0.1) is 10.5 Å². The summed E-state index contributed by atoms with van der Waals surface area (Å²) in [7, 11) is 0. The van der Waals surface area contributed by atoms with E-state index in [9.17, 15) is 0 Å². The summed E-state index contributed by atoms with van der Waals surface area (Å²) in [6.07, 6.45) is 4.02. The molecule has 0 radical (unpaired) electrons. The van der Waals surface area contributed by atoms with Gasteiger partial charge in [-0.3, -0.25) is 0 Å². The molecule has 86 valence electrons. The minimum absolute atomic E-state index is 0.229. The van der Waals surface area contributed by atoms with Gasteiger partial charge in [0, 0.05) is 17.9 Å². The first kappa shape index (κ1) is 11.5. The number of nitrogens with two attached hydrogens (primary N) is 1. The maximum atomic E-state index is 6.31. The van der Waals surface area contributed by atoms with Gasteiger partial charge in [-0.25, -0.2) is 0 Å². The van der Waals surface area contributed by atoms with Crippen molar-refractivity contribution in [2.75, 3.05) is 0 Å². The van der Waals surface area contributed by atoms with Gasteiger partial charge < -0.3 is 10.1 Å². The number of pyridine rings is 1. The van der Waals surface area contributed by atoms with E-state index in [4.69, 9.17) is 17.3 Å². The fourth-order valence-corrected chi connectivity index (χ4v) is 2.29. The van der Waals surface area contributed by atoms with E-state index >= 15 is 0 Å². The van der Waals surface area contributed by atoms with Gasteiger partial charge in [0.25, 0.3) is 0 Å². The van der Waals surface area contributed by atoms with Crippen molar-refractivity contribution in [2.24, 2.45) is 5.73 Å². The van der Waals surface area contributed by atoms with Crippen molar-refractivity contribution < 1.29 is 0 Å². The van der Waals surface area contributed by atoms with Crippen molar-refractivity contribution in [1.29, 1.82) is 0 Å². The fourth-order valence-electron chi connectivity index (χ4n) is 2.03. The van der Waals surface area contributed by atoms with E-state index in [2.05, 4.69) is 17.5 Å². The number of halogens is 1. The standard InChI is InChI=1S/C13H17ClN2/c1-9(15)6-7-11-10(2)13(14)12-5-3-4-8-16(11)12/h3-5,8-9H,6-7,15H2,1-2H3. The van der Waals surface area contributed by atoms with E-state index in [0.717, 1.165) is 23.4 Å². The Labute approximate surface area is 101 Å². The quantitative estimate of drug-likeness (QED) is 0.872. The molecule has 0 saturated carbocycles. The molecular weight excluding hydrogens is 220 g/mol. The molecule has 1 atom stereocenters. The van der Waals surface area contributed by atoms with Crippen LogP contribution in [0.25, 0.3) is 5.52 Å². The third-order valence-corrected chi connectivity index (χ3v) is 3.45. The van der Waals surface area contributed by atoms with E-state index in [1.165, 1.54) is 11.3 Å². The number of aryl methyl sites for hydroxylation is 1. The van der Waals surface area contributed by atoms with Crippen LogP contribution in [0.15, 0.2) is 24.4 Å². The number of aromatic nitrogens is 1. The van der Waals surface area contributed by atoms with Crippen LogP contribution in [0, 0.1) is 6.92 Å². The predicted molar refractivity (Wildman–Crippen MR) is 69.1 cm³/mol. The molecule has 0 aliphatic heterocycles. The van der Waals surface area contributed by atoms with Crippen LogP contribution in [-0.4, -0.2) is 10.4 Å². The summed E-state index contributed by atoms with van der Waals surface area (Å²) >= 11 is 6.31. The van der Waals surface area contributed by atoms with E-state index in [1.54, 1.807) is 0 Å². The third-order valence-electron chi connectivity index (χ3n) is 2.97. The zero-order valence-corrected chi connectivity index (χ0v) is 10.5. The summed E-state index contributed by atoms with van der Waals surface area (Å²) < 4.78 is 2.17. The first-order valence-electron chi connectivity index (χ1n) is 5.61. The highest BCUT2D eigenvalue weighted by atomic mass is 35.5. The maximum Gasteiger partial charge on any atom is 0.0693 e. The fraction of sp³-hybridized carbons (Fsp3) is 0.385. The molecular formula is C13H17ClN2. The van der Waals surface area contributed by atoms with Crippen LogP contribution in [0.5, 0.6) is 0 Å². The lowest BCUT2D eigenvalue weighted by Crippen LogP contribution is -2.16. The van der Waals surface area contributed by atoms with Crippen LogP contribution in [0.3, 0.4) is 0 Å². The molecule has 0 aliphatic carbocycles. The van der Waals surface area contributed by atoms with Gasteiger partial charge in [-0.15, -0.1) is 0 Å². The van der Waals surface area contributed by atoms with E-state index in [-0.39, 0.29) is 6.04 Å². The average Bonchev–Trinajstić information content (AvgIpc) is 2.50. The van der Waals surface area contributed by atoms with E-state index in [0.29, 0.717) is 0 Å². The number of fused-ring (bicyclic) bond motifs is 1. The van der Waals surface area contributed by atoms with Crippen LogP contribution < -0.4 is 5.73 Å². The molecule has 0 aliphatic rings. The molecule has 2 nitrogen and oxygen atoms in total. The molecule has 0 saturated heterocycles. The molecule has 16 heavy (non-hydrogen) atoms. The van der Waals surface area contributed by atoms with Gasteiger partial charge in [0.1, 0.15) is 0 Å². The molecule has 2 N–H and O–H groups in total. The third kappa shape index (κ3) is 1.95. The zero-order valence-electron chi connectivity index (χ0n) is 9.70. The number of hydrogen-bond acceptors (Lipinski definition) is 1. The van der Waals surface area contributed by atoms with Gasteiger partial charge >= 0.3 is 0 Å². The summed E-state index contributed by atoms with van der Waals surface area (Å²) in [5.74, 6) is 0. The zero-order chi connectivity index (χ0) is 11.7. The molecule has 2 heterocycles. The smallest absolute Gasteiger partial charge is 0.0693 e. The minimum atomic E-state index is 0.229. The monoisotopic (exact) mass is 236 g/mol. The predicted octanol–water partition coefficient (Wildman–Crippen LogP) is 3.18. The Balaban J connectivity index is 2.47. The second-order valence-corrected chi connectivity index (χ2v) is 4.74. The van der Waals surface area contributed by atoms with Gasteiger partial charge in [-0.1, -0.05) is 17.7 Å². The molecule has 0 spiro atoms. The topological polar surface area (TPSA) is 30.4 Å². The lowest BCUT2D eigenvalue weighted by atomic mass is 10.1.